The van der Waals surface area contributed by atoms with E-state index in [9.17, 15) is 0 Å². The Morgan fingerprint density at radius 2 is 2.11 bits per heavy atom. The summed E-state index contributed by atoms with van der Waals surface area (Å²) in [7, 11) is 1.68. The molecule has 4 heteroatoms. The molecular formula is C14H20N2OS. The summed E-state index contributed by atoms with van der Waals surface area (Å²) in [5.74, 6) is 1.43. The molecule has 0 aliphatic heterocycles. The van der Waals surface area contributed by atoms with Gasteiger partial charge in [0.2, 0.25) is 0 Å². The van der Waals surface area contributed by atoms with E-state index in [1.54, 1.807) is 7.11 Å². The van der Waals surface area contributed by atoms with Crippen LogP contribution in [0.5, 0.6) is 5.75 Å². The number of aromatic nitrogens is 2. The lowest BCUT2D eigenvalue weighted by Crippen LogP contribution is -2.13. The number of nitrogens with one attached hydrogen (secondary N) is 1. The minimum Gasteiger partial charge on any atom is -0.494 e. The van der Waals surface area contributed by atoms with Gasteiger partial charge in [0.25, 0.3) is 0 Å². The molecule has 3 nitrogen and oxygen atoms in total. The Hall–Kier alpha value is -1.29. The van der Waals surface area contributed by atoms with Crippen LogP contribution in [-0.4, -0.2) is 16.7 Å². The molecule has 0 fully saturated rings. The predicted molar refractivity (Wildman–Crippen MR) is 77.8 cm³/mol. The number of hydrogen-bond donors (Lipinski definition) is 1. The van der Waals surface area contributed by atoms with Crippen LogP contribution in [0.2, 0.25) is 0 Å². The van der Waals surface area contributed by atoms with Gasteiger partial charge in [-0.25, -0.2) is 0 Å². The van der Waals surface area contributed by atoms with Crippen molar-refractivity contribution < 1.29 is 4.74 Å². The predicted octanol–water partition coefficient (Wildman–Crippen LogP) is 4.31. The van der Waals surface area contributed by atoms with E-state index in [0.29, 0.717) is 12.0 Å². The fourth-order valence-electron chi connectivity index (χ4n) is 2.29. The van der Waals surface area contributed by atoms with Gasteiger partial charge in [-0.1, -0.05) is 26.3 Å². The van der Waals surface area contributed by atoms with Crippen LogP contribution in [0.1, 0.15) is 33.2 Å². The van der Waals surface area contributed by atoms with Gasteiger partial charge in [0.1, 0.15) is 11.3 Å². The smallest absolute Gasteiger partial charge is 0.178 e. The van der Waals surface area contributed by atoms with Crippen molar-refractivity contribution in [3.05, 3.63) is 23.0 Å². The molecule has 98 valence electrons. The third kappa shape index (κ3) is 2.05. The SMILES string of the molecule is CCC(C)C(C)n1c(=S)[nH]c2c(OC)cccc21. The van der Waals surface area contributed by atoms with Crippen LogP contribution in [0.15, 0.2) is 18.2 Å². The summed E-state index contributed by atoms with van der Waals surface area (Å²) in [6.07, 6.45) is 1.14. The number of ether oxygens (including phenoxy) is 1. The molecule has 0 bridgehead atoms. The average Bonchev–Trinajstić information content (AvgIpc) is 2.72. The van der Waals surface area contributed by atoms with Gasteiger partial charge in [-0.15, -0.1) is 0 Å². The molecule has 2 atom stereocenters. The zero-order chi connectivity index (χ0) is 13.3. The van der Waals surface area contributed by atoms with Crippen molar-refractivity contribution in [2.75, 3.05) is 7.11 Å². The Balaban J connectivity index is 2.65. The van der Waals surface area contributed by atoms with Crippen LogP contribution < -0.4 is 4.74 Å². The van der Waals surface area contributed by atoms with Gasteiger partial charge in [-0.2, -0.15) is 0 Å². The lowest BCUT2D eigenvalue weighted by molar-refractivity contribution is 0.374. The summed E-state index contributed by atoms with van der Waals surface area (Å²) in [6, 6.07) is 6.42. The first-order valence-corrected chi connectivity index (χ1v) is 6.78. The van der Waals surface area contributed by atoms with Crippen molar-refractivity contribution in [1.82, 2.24) is 9.55 Å². The van der Waals surface area contributed by atoms with Crippen LogP contribution in [0, 0.1) is 10.7 Å². The molecule has 18 heavy (non-hydrogen) atoms. The molecule has 2 rings (SSSR count). The summed E-state index contributed by atoms with van der Waals surface area (Å²) in [4.78, 5) is 3.26. The first-order chi connectivity index (χ1) is 8.60. The maximum absolute atomic E-state index is 5.46. The minimum atomic E-state index is 0.378. The van der Waals surface area contributed by atoms with Gasteiger partial charge in [0.05, 0.1) is 12.6 Å². The number of nitrogens with zero attached hydrogens (tertiary/aromatic N) is 1. The van der Waals surface area contributed by atoms with Crippen molar-refractivity contribution >= 4 is 23.3 Å². The van der Waals surface area contributed by atoms with Crippen molar-refractivity contribution in [3.63, 3.8) is 0 Å². The fourth-order valence-corrected chi connectivity index (χ4v) is 2.66. The summed E-state index contributed by atoms with van der Waals surface area (Å²) < 4.78 is 8.33. The first-order valence-electron chi connectivity index (χ1n) is 6.37. The Bertz CT molecular complexity index is 599. The molecule has 2 unspecified atom stereocenters. The molecule has 1 N–H and O–H groups in total. The highest BCUT2D eigenvalue weighted by atomic mass is 32.1. The molecule has 1 aromatic heterocycles. The molecule has 0 aliphatic carbocycles. The van der Waals surface area contributed by atoms with E-state index in [0.717, 1.165) is 28.0 Å². The molecule has 1 aromatic carbocycles. The van der Waals surface area contributed by atoms with Crippen LogP contribution in [0.25, 0.3) is 11.0 Å². The van der Waals surface area contributed by atoms with E-state index in [-0.39, 0.29) is 0 Å². The molecule has 0 saturated carbocycles. The molecule has 0 spiro atoms. The molecule has 2 aromatic rings. The number of para-hydroxylation sites is 1. The van der Waals surface area contributed by atoms with Crippen molar-refractivity contribution in [2.45, 2.75) is 33.2 Å². The summed E-state index contributed by atoms with van der Waals surface area (Å²) in [5.41, 5.74) is 2.10. The number of rotatable bonds is 4. The van der Waals surface area contributed by atoms with E-state index in [2.05, 4.69) is 36.4 Å². The standard InChI is InChI=1S/C14H20N2OS/c1-5-9(2)10(3)16-11-7-6-8-12(17-4)13(11)15-14(16)18/h6-10H,5H2,1-4H3,(H,15,18). The van der Waals surface area contributed by atoms with Crippen LogP contribution in [-0.2, 0) is 0 Å². The average molecular weight is 264 g/mol. The normalized spacial score (nSPS) is 14.7. The second-order valence-corrected chi connectivity index (χ2v) is 5.17. The third-order valence-electron chi connectivity index (χ3n) is 3.81. The van der Waals surface area contributed by atoms with Gasteiger partial charge >= 0.3 is 0 Å². The van der Waals surface area contributed by atoms with Crippen LogP contribution >= 0.6 is 12.2 Å². The maximum Gasteiger partial charge on any atom is 0.178 e. The van der Waals surface area contributed by atoms with E-state index in [4.69, 9.17) is 17.0 Å². The number of methoxy groups -OCH3 is 1. The molecule has 1 heterocycles. The molecular weight excluding hydrogens is 244 g/mol. The van der Waals surface area contributed by atoms with E-state index < -0.39 is 0 Å². The minimum absolute atomic E-state index is 0.378. The topological polar surface area (TPSA) is 29.9 Å². The number of aromatic amines is 1. The van der Waals surface area contributed by atoms with Crippen LogP contribution in [0.3, 0.4) is 0 Å². The zero-order valence-corrected chi connectivity index (χ0v) is 12.2. The van der Waals surface area contributed by atoms with Gasteiger partial charge in [-0.05, 0) is 37.2 Å². The molecule has 0 aliphatic rings. The largest absolute Gasteiger partial charge is 0.494 e. The summed E-state index contributed by atoms with van der Waals surface area (Å²) in [6.45, 7) is 6.68. The molecule has 0 saturated heterocycles. The fraction of sp³-hybridized carbons (Fsp3) is 0.500. The third-order valence-corrected chi connectivity index (χ3v) is 4.11. The monoisotopic (exact) mass is 264 g/mol. The second-order valence-electron chi connectivity index (χ2n) is 4.78. The van der Waals surface area contributed by atoms with Gasteiger partial charge < -0.3 is 14.3 Å². The number of imidazole rings is 1. The molecule has 0 amide bonds. The van der Waals surface area contributed by atoms with Crippen molar-refractivity contribution in [1.29, 1.82) is 0 Å². The van der Waals surface area contributed by atoms with E-state index in [1.165, 1.54) is 0 Å². The summed E-state index contributed by atoms with van der Waals surface area (Å²) in [5, 5.41) is 0. The number of fused-ring (bicyclic) bond motifs is 1. The quantitative estimate of drug-likeness (QED) is 0.834. The summed E-state index contributed by atoms with van der Waals surface area (Å²) >= 11 is 5.46. The second kappa shape index (κ2) is 5.14. The number of hydrogen-bond acceptors (Lipinski definition) is 2. The van der Waals surface area contributed by atoms with E-state index >= 15 is 0 Å². The number of benzene rings is 1. The Morgan fingerprint density at radius 3 is 2.72 bits per heavy atom. The van der Waals surface area contributed by atoms with Gasteiger partial charge in [0.15, 0.2) is 4.77 Å². The van der Waals surface area contributed by atoms with Gasteiger partial charge in [-0.3, -0.25) is 0 Å². The highest BCUT2D eigenvalue weighted by molar-refractivity contribution is 7.71. The van der Waals surface area contributed by atoms with Gasteiger partial charge in [0, 0.05) is 6.04 Å². The zero-order valence-electron chi connectivity index (χ0n) is 11.4. The van der Waals surface area contributed by atoms with Crippen molar-refractivity contribution in [2.24, 2.45) is 5.92 Å². The first kappa shape index (κ1) is 13.1. The van der Waals surface area contributed by atoms with E-state index in [1.807, 2.05) is 12.1 Å². The maximum atomic E-state index is 5.46. The highest BCUT2D eigenvalue weighted by Crippen LogP contribution is 2.30. The lowest BCUT2D eigenvalue weighted by Gasteiger charge is -2.20. The Labute approximate surface area is 113 Å². The Morgan fingerprint density at radius 1 is 1.39 bits per heavy atom. The highest BCUT2D eigenvalue weighted by Gasteiger charge is 2.17. The molecule has 0 radical (unpaired) electrons. The lowest BCUT2D eigenvalue weighted by atomic mass is 10.0. The number of H-pyrrole nitrogens is 1. The van der Waals surface area contributed by atoms with Crippen LogP contribution in [0.4, 0.5) is 0 Å². The van der Waals surface area contributed by atoms with Crippen molar-refractivity contribution in [3.8, 4) is 5.75 Å². The Kier molecular flexibility index (Phi) is 3.76.